The van der Waals surface area contributed by atoms with Crippen LogP contribution in [0, 0.1) is 0 Å². The molecule has 0 radical (unpaired) electrons. The molecule has 2 nitrogen and oxygen atoms in total. The molecule has 1 aromatic rings. The zero-order valence-electron chi connectivity index (χ0n) is 9.85. The van der Waals surface area contributed by atoms with Crippen LogP contribution in [-0.4, -0.2) is 18.1 Å². The van der Waals surface area contributed by atoms with Crippen molar-refractivity contribution in [3.05, 3.63) is 27.2 Å². The van der Waals surface area contributed by atoms with Crippen LogP contribution >= 0.6 is 34.8 Å². The predicted octanol–water partition coefficient (Wildman–Crippen LogP) is 4.34. The van der Waals surface area contributed by atoms with Gasteiger partial charge in [-0.05, 0) is 37.8 Å². The quantitative estimate of drug-likeness (QED) is 0.849. The number of halogens is 3. The van der Waals surface area contributed by atoms with E-state index in [0.717, 1.165) is 18.5 Å². The minimum Gasteiger partial charge on any atom is -0.380 e. The maximum atomic E-state index is 6.20. The molecular weight excluding hydrogens is 291 g/mol. The van der Waals surface area contributed by atoms with Gasteiger partial charge in [0, 0.05) is 23.1 Å². The number of benzene rings is 1. The number of hydrogen-bond donors (Lipinski definition) is 2. The first-order valence-corrected chi connectivity index (χ1v) is 7.42. The van der Waals surface area contributed by atoms with Crippen LogP contribution in [0.15, 0.2) is 12.1 Å². The average molecular weight is 306 g/mol. The lowest BCUT2D eigenvalue weighted by Gasteiger charge is -2.31. The van der Waals surface area contributed by atoms with Crippen LogP contribution in [0.1, 0.15) is 25.7 Å². The van der Waals surface area contributed by atoms with Gasteiger partial charge < -0.3 is 10.6 Å². The average Bonchev–Trinajstić information content (AvgIpc) is 2.63. The molecule has 0 aliphatic carbocycles. The first kappa shape index (κ1) is 12.9. The SMILES string of the molecule is Clc1cc(Cl)c(NC2CC3CCC(C2)N3)c(Cl)c1. The third-order valence-corrected chi connectivity index (χ3v) is 4.64. The molecule has 2 bridgehead atoms. The zero-order chi connectivity index (χ0) is 12.7. The van der Waals surface area contributed by atoms with Crippen LogP contribution < -0.4 is 10.6 Å². The number of hydrogen-bond acceptors (Lipinski definition) is 2. The lowest BCUT2D eigenvalue weighted by atomic mass is 9.99. The molecule has 0 aromatic heterocycles. The van der Waals surface area contributed by atoms with Gasteiger partial charge in [0.05, 0.1) is 15.7 Å². The molecule has 2 saturated heterocycles. The van der Waals surface area contributed by atoms with Gasteiger partial charge in [-0.1, -0.05) is 34.8 Å². The summed E-state index contributed by atoms with van der Waals surface area (Å²) in [7, 11) is 0. The van der Waals surface area contributed by atoms with Gasteiger partial charge in [0.15, 0.2) is 0 Å². The highest BCUT2D eigenvalue weighted by Crippen LogP contribution is 2.36. The van der Waals surface area contributed by atoms with Gasteiger partial charge in [0.1, 0.15) is 0 Å². The standard InChI is InChI=1S/C13H15Cl3N2/c14-7-3-11(15)13(12(16)4-7)18-10-5-8-1-2-9(6-10)17-8/h3-4,8-10,17-18H,1-2,5-6H2. The fourth-order valence-electron chi connectivity index (χ4n) is 3.06. The molecule has 2 atom stereocenters. The molecule has 2 fully saturated rings. The second kappa shape index (κ2) is 5.09. The molecular formula is C13H15Cl3N2. The number of fused-ring (bicyclic) bond motifs is 2. The Labute approximate surface area is 122 Å². The van der Waals surface area contributed by atoms with Crippen LogP contribution in [0.5, 0.6) is 0 Å². The topological polar surface area (TPSA) is 24.1 Å². The minimum absolute atomic E-state index is 0.444. The van der Waals surface area contributed by atoms with Gasteiger partial charge in [-0.15, -0.1) is 0 Å². The Kier molecular flexibility index (Phi) is 3.63. The van der Waals surface area contributed by atoms with E-state index in [1.54, 1.807) is 12.1 Å². The summed E-state index contributed by atoms with van der Waals surface area (Å²) in [4.78, 5) is 0. The maximum Gasteiger partial charge on any atom is 0.0722 e. The first-order valence-electron chi connectivity index (χ1n) is 6.29. The molecule has 0 saturated carbocycles. The molecule has 5 heteroatoms. The Hall–Kier alpha value is -0.150. The summed E-state index contributed by atoms with van der Waals surface area (Å²) in [6, 6.07) is 5.19. The highest BCUT2D eigenvalue weighted by Gasteiger charge is 2.33. The smallest absolute Gasteiger partial charge is 0.0722 e. The molecule has 2 aliphatic heterocycles. The largest absolute Gasteiger partial charge is 0.380 e. The van der Waals surface area contributed by atoms with Gasteiger partial charge in [-0.2, -0.15) is 0 Å². The van der Waals surface area contributed by atoms with Crippen molar-refractivity contribution in [2.45, 2.75) is 43.8 Å². The predicted molar refractivity (Wildman–Crippen MR) is 78.1 cm³/mol. The number of rotatable bonds is 2. The molecule has 2 heterocycles. The van der Waals surface area contributed by atoms with E-state index >= 15 is 0 Å². The van der Waals surface area contributed by atoms with Gasteiger partial charge in [0.2, 0.25) is 0 Å². The first-order chi connectivity index (χ1) is 8.61. The van der Waals surface area contributed by atoms with Crippen molar-refractivity contribution in [1.29, 1.82) is 0 Å². The van der Waals surface area contributed by atoms with E-state index in [1.807, 2.05) is 0 Å². The summed E-state index contributed by atoms with van der Waals surface area (Å²) in [5.74, 6) is 0. The summed E-state index contributed by atoms with van der Waals surface area (Å²) >= 11 is 18.3. The van der Waals surface area contributed by atoms with Crippen LogP contribution in [0.3, 0.4) is 0 Å². The summed E-state index contributed by atoms with van der Waals surface area (Å²) in [6.45, 7) is 0. The number of nitrogens with one attached hydrogen (secondary N) is 2. The minimum atomic E-state index is 0.444. The van der Waals surface area contributed by atoms with E-state index in [4.69, 9.17) is 34.8 Å². The second-order valence-corrected chi connectivity index (χ2v) is 6.45. The summed E-state index contributed by atoms with van der Waals surface area (Å²) < 4.78 is 0. The summed E-state index contributed by atoms with van der Waals surface area (Å²) in [5, 5.41) is 8.86. The second-order valence-electron chi connectivity index (χ2n) is 5.19. The fraction of sp³-hybridized carbons (Fsp3) is 0.538. The molecule has 2 unspecified atom stereocenters. The Morgan fingerprint density at radius 1 is 1.00 bits per heavy atom. The lowest BCUT2D eigenvalue weighted by molar-refractivity contribution is 0.378. The van der Waals surface area contributed by atoms with Crippen molar-refractivity contribution in [3.8, 4) is 0 Å². The van der Waals surface area contributed by atoms with Crippen molar-refractivity contribution in [2.24, 2.45) is 0 Å². The highest BCUT2D eigenvalue weighted by molar-refractivity contribution is 6.41. The van der Waals surface area contributed by atoms with Crippen LogP contribution in [0.2, 0.25) is 15.1 Å². The summed E-state index contributed by atoms with van der Waals surface area (Å²) in [5.41, 5.74) is 0.814. The van der Waals surface area contributed by atoms with E-state index in [1.165, 1.54) is 12.8 Å². The zero-order valence-corrected chi connectivity index (χ0v) is 12.1. The van der Waals surface area contributed by atoms with Gasteiger partial charge in [0.25, 0.3) is 0 Å². The van der Waals surface area contributed by atoms with E-state index in [0.29, 0.717) is 33.2 Å². The fourth-order valence-corrected chi connectivity index (χ4v) is 3.99. The monoisotopic (exact) mass is 304 g/mol. The third kappa shape index (κ3) is 2.57. The maximum absolute atomic E-state index is 6.20. The molecule has 18 heavy (non-hydrogen) atoms. The van der Waals surface area contributed by atoms with Gasteiger partial charge in [-0.25, -0.2) is 0 Å². The van der Waals surface area contributed by atoms with Crippen LogP contribution in [0.4, 0.5) is 5.69 Å². The lowest BCUT2D eigenvalue weighted by Crippen LogP contribution is -2.43. The Balaban J connectivity index is 1.77. The summed E-state index contributed by atoms with van der Waals surface area (Å²) in [6.07, 6.45) is 4.83. The van der Waals surface area contributed by atoms with Crippen molar-refractivity contribution < 1.29 is 0 Å². The third-order valence-electron chi connectivity index (χ3n) is 3.83. The van der Waals surface area contributed by atoms with E-state index in [9.17, 15) is 0 Å². The molecule has 98 valence electrons. The van der Waals surface area contributed by atoms with Gasteiger partial charge >= 0.3 is 0 Å². The van der Waals surface area contributed by atoms with Gasteiger partial charge in [-0.3, -0.25) is 0 Å². The van der Waals surface area contributed by atoms with Crippen molar-refractivity contribution in [3.63, 3.8) is 0 Å². The van der Waals surface area contributed by atoms with Crippen molar-refractivity contribution in [2.75, 3.05) is 5.32 Å². The Morgan fingerprint density at radius 2 is 1.56 bits per heavy atom. The van der Waals surface area contributed by atoms with E-state index < -0.39 is 0 Å². The molecule has 0 amide bonds. The van der Waals surface area contributed by atoms with E-state index in [-0.39, 0.29) is 0 Å². The van der Waals surface area contributed by atoms with Crippen molar-refractivity contribution in [1.82, 2.24) is 5.32 Å². The molecule has 1 aromatic carbocycles. The molecule has 2 aliphatic rings. The normalized spacial score (nSPS) is 30.5. The Bertz CT molecular complexity index is 429. The van der Waals surface area contributed by atoms with Crippen LogP contribution in [0.25, 0.3) is 0 Å². The van der Waals surface area contributed by atoms with E-state index in [2.05, 4.69) is 10.6 Å². The molecule has 2 N–H and O–H groups in total. The Morgan fingerprint density at radius 3 is 2.11 bits per heavy atom. The number of anilines is 1. The van der Waals surface area contributed by atoms with Crippen LogP contribution in [-0.2, 0) is 0 Å². The molecule has 3 rings (SSSR count). The number of piperidine rings is 1. The van der Waals surface area contributed by atoms with Crippen molar-refractivity contribution >= 4 is 40.5 Å². The molecule has 0 spiro atoms. The highest BCUT2D eigenvalue weighted by atomic mass is 35.5.